The summed E-state index contributed by atoms with van der Waals surface area (Å²) in [6.45, 7) is 1.48. The SMILES string of the molecule is COC(=O)OC(C)Oc1ccccc1N.NCC(=O)Nc1ccc(N)c(N)n1. The van der Waals surface area contributed by atoms with Crippen LogP contribution in [0.1, 0.15) is 6.92 Å². The number of para-hydroxylation sites is 2. The number of nitrogens with two attached hydrogens (primary N) is 4. The van der Waals surface area contributed by atoms with Crippen molar-refractivity contribution in [1.29, 1.82) is 0 Å². The summed E-state index contributed by atoms with van der Waals surface area (Å²) >= 11 is 0. The molecule has 1 aromatic heterocycles. The predicted molar refractivity (Wildman–Crippen MR) is 105 cm³/mol. The molecule has 0 bridgehead atoms. The van der Waals surface area contributed by atoms with Crippen molar-refractivity contribution in [2.75, 3.05) is 36.2 Å². The Balaban J connectivity index is 0.000000283. The number of carbonyl (C=O) groups excluding carboxylic acids is 2. The maximum Gasteiger partial charge on any atom is 0.511 e. The van der Waals surface area contributed by atoms with Gasteiger partial charge in [-0.15, -0.1) is 0 Å². The Kier molecular flexibility index (Phi) is 8.83. The van der Waals surface area contributed by atoms with Crippen LogP contribution in [0.5, 0.6) is 5.75 Å². The molecule has 28 heavy (non-hydrogen) atoms. The lowest BCUT2D eigenvalue weighted by atomic mass is 10.3. The van der Waals surface area contributed by atoms with E-state index in [0.29, 0.717) is 22.9 Å². The number of nitrogen functional groups attached to an aromatic ring is 3. The number of hydrogen-bond donors (Lipinski definition) is 5. The van der Waals surface area contributed by atoms with Crippen molar-refractivity contribution in [3.8, 4) is 5.75 Å². The lowest BCUT2D eigenvalue weighted by Crippen LogP contribution is -2.22. The van der Waals surface area contributed by atoms with Crippen molar-refractivity contribution >= 4 is 35.1 Å². The number of nitrogens with zero attached hydrogens (tertiary/aromatic N) is 1. The van der Waals surface area contributed by atoms with E-state index in [1.807, 2.05) is 0 Å². The zero-order chi connectivity index (χ0) is 21.1. The standard InChI is InChI=1S/C10H13NO4.C7H11N5O/c1-7(15-10(12)13-2)14-9-6-4-3-5-8(9)11;8-3-6(13)11-5-2-1-4(9)7(10)12-5/h3-7H,11H2,1-2H3;1-2H,3,8-9H2,(H3,10,11,12,13). The molecule has 1 unspecified atom stereocenters. The molecule has 1 heterocycles. The van der Waals surface area contributed by atoms with Crippen molar-refractivity contribution in [2.24, 2.45) is 5.73 Å². The minimum Gasteiger partial charge on any atom is -0.453 e. The first-order valence-corrected chi connectivity index (χ1v) is 8.04. The summed E-state index contributed by atoms with van der Waals surface area (Å²) in [4.78, 5) is 25.4. The number of nitrogens with one attached hydrogen (secondary N) is 1. The van der Waals surface area contributed by atoms with Crippen LogP contribution in [0.3, 0.4) is 0 Å². The van der Waals surface area contributed by atoms with E-state index < -0.39 is 12.4 Å². The number of methoxy groups -OCH3 is 1. The van der Waals surface area contributed by atoms with Gasteiger partial charge in [0.1, 0.15) is 17.4 Å². The molecule has 0 aliphatic rings. The number of anilines is 4. The Bertz CT molecular complexity index is 801. The molecule has 152 valence electrons. The van der Waals surface area contributed by atoms with Gasteiger partial charge in [0.25, 0.3) is 0 Å². The second kappa shape index (κ2) is 11.1. The molecule has 11 heteroatoms. The Morgan fingerprint density at radius 3 is 2.36 bits per heavy atom. The Labute approximate surface area is 161 Å². The third kappa shape index (κ3) is 7.66. The summed E-state index contributed by atoms with van der Waals surface area (Å²) < 4.78 is 14.3. The molecule has 11 nitrogen and oxygen atoms in total. The number of carbonyl (C=O) groups is 2. The van der Waals surface area contributed by atoms with E-state index in [-0.39, 0.29) is 18.3 Å². The highest BCUT2D eigenvalue weighted by molar-refractivity contribution is 5.91. The first-order chi connectivity index (χ1) is 13.3. The summed E-state index contributed by atoms with van der Waals surface area (Å²) in [5.74, 6) is 0.683. The molecule has 1 aromatic carbocycles. The average Bonchev–Trinajstić information content (AvgIpc) is 2.67. The van der Waals surface area contributed by atoms with Crippen molar-refractivity contribution < 1.29 is 23.8 Å². The van der Waals surface area contributed by atoms with Gasteiger partial charge < -0.3 is 42.5 Å². The lowest BCUT2D eigenvalue weighted by molar-refractivity contribution is -0.114. The van der Waals surface area contributed by atoms with Crippen molar-refractivity contribution in [3.63, 3.8) is 0 Å². The van der Waals surface area contributed by atoms with Crippen LogP contribution < -0.4 is 33.0 Å². The van der Waals surface area contributed by atoms with Crippen LogP contribution in [0.15, 0.2) is 36.4 Å². The number of pyridine rings is 1. The topological polar surface area (TPSA) is 191 Å². The Hall–Kier alpha value is -3.73. The number of aromatic nitrogens is 1. The second-order valence-corrected chi connectivity index (χ2v) is 5.22. The highest BCUT2D eigenvalue weighted by Gasteiger charge is 2.11. The number of hydrogen-bond acceptors (Lipinski definition) is 10. The van der Waals surface area contributed by atoms with E-state index in [4.69, 9.17) is 32.4 Å². The molecule has 2 aromatic rings. The van der Waals surface area contributed by atoms with Crippen LogP contribution in [0.2, 0.25) is 0 Å². The highest BCUT2D eigenvalue weighted by atomic mass is 16.8. The van der Waals surface area contributed by atoms with Gasteiger partial charge in [-0.1, -0.05) is 12.1 Å². The summed E-state index contributed by atoms with van der Waals surface area (Å²) in [5.41, 5.74) is 22.4. The summed E-state index contributed by atoms with van der Waals surface area (Å²) in [6, 6.07) is 10.1. The molecule has 2 rings (SSSR count). The van der Waals surface area contributed by atoms with Gasteiger partial charge in [-0.3, -0.25) is 4.79 Å². The van der Waals surface area contributed by atoms with Crippen molar-refractivity contribution in [3.05, 3.63) is 36.4 Å². The number of ether oxygens (including phenoxy) is 3. The summed E-state index contributed by atoms with van der Waals surface area (Å²) in [5, 5.41) is 2.45. The fraction of sp³-hybridized carbons (Fsp3) is 0.235. The minimum atomic E-state index is -0.794. The molecule has 0 saturated carbocycles. The Morgan fingerprint density at radius 2 is 1.79 bits per heavy atom. The first-order valence-electron chi connectivity index (χ1n) is 8.04. The molecule has 1 atom stereocenters. The Morgan fingerprint density at radius 1 is 1.11 bits per heavy atom. The van der Waals surface area contributed by atoms with E-state index >= 15 is 0 Å². The maximum absolute atomic E-state index is 10.8. The second-order valence-electron chi connectivity index (χ2n) is 5.22. The van der Waals surface area contributed by atoms with Crippen molar-refractivity contribution in [1.82, 2.24) is 4.98 Å². The maximum atomic E-state index is 10.8. The third-order valence-electron chi connectivity index (χ3n) is 3.05. The van der Waals surface area contributed by atoms with Gasteiger partial charge in [0.2, 0.25) is 12.2 Å². The van der Waals surface area contributed by atoms with E-state index in [2.05, 4.69) is 15.0 Å². The molecule has 0 fully saturated rings. The minimum absolute atomic E-state index is 0.0913. The van der Waals surface area contributed by atoms with E-state index in [9.17, 15) is 9.59 Å². The molecule has 1 amide bonds. The monoisotopic (exact) mass is 392 g/mol. The van der Waals surface area contributed by atoms with Gasteiger partial charge in [0.15, 0.2) is 0 Å². The molecular weight excluding hydrogens is 368 g/mol. The van der Waals surface area contributed by atoms with Gasteiger partial charge in [-0.2, -0.15) is 0 Å². The molecule has 0 spiro atoms. The zero-order valence-electron chi connectivity index (χ0n) is 15.5. The van der Waals surface area contributed by atoms with Crippen LogP contribution in [-0.2, 0) is 14.3 Å². The molecule has 0 aliphatic carbocycles. The van der Waals surface area contributed by atoms with Crippen LogP contribution in [0.25, 0.3) is 0 Å². The highest BCUT2D eigenvalue weighted by Crippen LogP contribution is 2.21. The van der Waals surface area contributed by atoms with Gasteiger partial charge in [0.05, 0.1) is 25.0 Å². The smallest absolute Gasteiger partial charge is 0.453 e. The van der Waals surface area contributed by atoms with Crippen molar-refractivity contribution in [2.45, 2.75) is 13.2 Å². The van der Waals surface area contributed by atoms with Gasteiger partial charge in [-0.05, 0) is 24.3 Å². The summed E-state index contributed by atoms with van der Waals surface area (Å²) in [6.07, 6.45) is -1.54. The first kappa shape index (κ1) is 22.3. The molecule has 9 N–H and O–H groups in total. The predicted octanol–water partition coefficient (Wildman–Crippen LogP) is 0.920. The van der Waals surface area contributed by atoms with E-state index in [0.717, 1.165) is 0 Å². The quantitative estimate of drug-likeness (QED) is 0.278. The molecular formula is C17H24N6O5. The fourth-order valence-electron chi connectivity index (χ4n) is 1.72. The van der Waals surface area contributed by atoms with E-state index in [1.54, 1.807) is 43.3 Å². The van der Waals surface area contributed by atoms with Gasteiger partial charge in [-0.25, -0.2) is 9.78 Å². The van der Waals surface area contributed by atoms with Crippen LogP contribution in [0.4, 0.5) is 27.8 Å². The fourth-order valence-corrected chi connectivity index (χ4v) is 1.72. The molecule has 0 radical (unpaired) electrons. The molecule has 0 saturated heterocycles. The summed E-state index contributed by atoms with van der Waals surface area (Å²) in [7, 11) is 1.23. The van der Waals surface area contributed by atoms with Crippen LogP contribution >= 0.6 is 0 Å². The number of rotatable bonds is 5. The number of benzene rings is 1. The van der Waals surface area contributed by atoms with E-state index in [1.165, 1.54) is 7.11 Å². The normalized spacial score (nSPS) is 10.7. The van der Waals surface area contributed by atoms with Crippen LogP contribution in [-0.4, -0.2) is 37.0 Å². The van der Waals surface area contributed by atoms with Gasteiger partial charge >= 0.3 is 6.16 Å². The third-order valence-corrected chi connectivity index (χ3v) is 3.05. The van der Waals surface area contributed by atoms with Gasteiger partial charge in [0, 0.05) is 6.92 Å². The number of amides is 1. The lowest BCUT2D eigenvalue weighted by Gasteiger charge is -2.15. The zero-order valence-corrected chi connectivity index (χ0v) is 15.5. The largest absolute Gasteiger partial charge is 0.511 e. The molecule has 0 aliphatic heterocycles. The van der Waals surface area contributed by atoms with Crippen LogP contribution in [0, 0.1) is 0 Å². The average molecular weight is 392 g/mol.